The molecule has 2 aromatic carbocycles. The second kappa shape index (κ2) is 18.2. The molecule has 10 heteroatoms. The van der Waals surface area contributed by atoms with Crippen molar-refractivity contribution in [3.8, 4) is 11.5 Å². The van der Waals surface area contributed by atoms with Gasteiger partial charge in [-0.25, -0.2) is 8.78 Å². The maximum atomic E-state index is 15.4. The molecule has 0 N–H and O–H groups in total. The van der Waals surface area contributed by atoms with Crippen molar-refractivity contribution < 1.29 is 18.3 Å². The Hall–Kier alpha value is -2.95. The molecule has 0 bridgehead atoms. The Bertz CT molecular complexity index is 1710. The van der Waals surface area contributed by atoms with E-state index in [-0.39, 0.29) is 22.1 Å². The minimum absolute atomic E-state index is 0.0435. The van der Waals surface area contributed by atoms with Crippen LogP contribution in [0.3, 0.4) is 0 Å². The average Bonchev–Trinajstić information content (AvgIpc) is 3.94. The van der Waals surface area contributed by atoms with E-state index in [0.29, 0.717) is 60.5 Å². The van der Waals surface area contributed by atoms with Gasteiger partial charge in [0, 0.05) is 55.3 Å². The van der Waals surface area contributed by atoms with E-state index in [1.807, 2.05) is 30.5 Å². The topological polar surface area (TPSA) is 57.1 Å². The summed E-state index contributed by atoms with van der Waals surface area (Å²) in [5.74, 6) is 1.68. The molecule has 0 saturated carbocycles. The molecule has 5 nitrogen and oxygen atoms in total. The van der Waals surface area contributed by atoms with Crippen LogP contribution >= 0.6 is 35.3 Å². The van der Waals surface area contributed by atoms with Crippen LogP contribution in [0.25, 0.3) is 20.8 Å². The van der Waals surface area contributed by atoms with Gasteiger partial charge >= 0.3 is 0 Å². The van der Waals surface area contributed by atoms with Crippen LogP contribution in [0.1, 0.15) is 125 Å². The lowest BCUT2D eigenvalue weighted by Gasteiger charge is -2.17. The molecule has 0 radical (unpaired) electrons. The Kier molecular flexibility index (Phi) is 13.5. The number of hydrogen-bond acceptors (Lipinski definition) is 8. The first kappa shape index (κ1) is 37.8. The molecule has 0 aliphatic carbocycles. The molecule has 4 unspecified atom stereocenters. The highest BCUT2D eigenvalue weighted by Crippen LogP contribution is 2.52. The molecule has 2 aromatic heterocycles. The van der Waals surface area contributed by atoms with Crippen LogP contribution in [0.4, 0.5) is 8.78 Å². The molecule has 4 aromatic rings. The number of hydrogen-bond donors (Lipinski definition) is 0. The zero-order valence-electron chi connectivity index (χ0n) is 30.1. The van der Waals surface area contributed by atoms with Gasteiger partial charge in [0.05, 0.1) is 24.9 Å². The summed E-state index contributed by atoms with van der Waals surface area (Å²) >= 11 is 4.42. The third kappa shape index (κ3) is 9.17. The number of aromatic nitrogens is 3. The molecule has 2 aliphatic heterocycles. The maximum absolute atomic E-state index is 15.4. The molecule has 6 rings (SSSR count). The largest absolute Gasteiger partial charge is 0.493 e. The number of halogens is 2. The zero-order valence-corrected chi connectivity index (χ0v) is 32.6. The minimum atomic E-state index is -0.240. The first-order chi connectivity index (χ1) is 24.9. The molecule has 272 valence electrons. The number of thioether (sulfide) groups is 2. The van der Waals surface area contributed by atoms with E-state index in [9.17, 15) is 0 Å². The van der Waals surface area contributed by atoms with Crippen molar-refractivity contribution in [3.63, 3.8) is 0 Å². The predicted molar refractivity (Wildman–Crippen MR) is 211 cm³/mol. The van der Waals surface area contributed by atoms with Crippen LogP contribution in [0.5, 0.6) is 11.5 Å². The first-order valence-corrected chi connectivity index (χ1v) is 21.1. The van der Waals surface area contributed by atoms with E-state index in [1.165, 1.54) is 37.8 Å². The smallest absolute Gasteiger partial charge is 0.132 e. The summed E-state index contributed by atoms with van der Waals surface area (Å²) in [5.41, 5.74) is 4.57. The second-order valence-corrected chi connectivity index (χ2v) is 16.6. The van der Waals surface area contributed by atoms with Crippen LogP contribution in [-0.4, -0.2) is 26.9 Å². The molecule has 0 fully saturated rings. The summed E-state index contributed by atoms with van der Waals surface area (Å²) < 4.78 is 52.1. The van der Waals surface area contributed by atoms with Gasteiger partial charge < -0.3 is 9.47 Å². The van der Waals surface area contributed by atoms with Gasteiger partial charge in [-0.2, -0.15) is 8.75 Å². The third-order valence-electron chi connectivity index (χ3n) is 10.1. The monoisotopic (exact) mass is 749 g/mol. The summed E-state index contributed by atoms with van der Waals surface area (Å²) in [6.07, 6.45) is 16.7. The van der Waals surface area contributed by atoms with Crippen molar-refractivity contribution in [2.75, 3.05) is 13.2 Å². The van der Waals surface area contributed by atoms with Crippen molar-refractivity contribution in [2.45, 2.75) is 102 Å². The lowest BCUT2D eigenvalue weighted by molar-refractivity contribution is 0.232. The second-order valence-electron chi connectivity index (χ2n) is 13.6. The third-order valence-corrected chi connectivity index (χ3v) is 13.3. The lowest BCUT2D eigenvalue weighted by atomic mass is 10.0. The number of fused-ring (bicyclic) bond motifs is 1. The molecule has 0 saturated heterocycles. The van der Waals surface area contributed by atoms with Gasteiger partial charge in [0.25, 0.3) is 0 Å². The fourth-order valence-corrected chi connectivity index (χ4v) is 9.83. The highest BCUT2D eigenvalue weighted by molar-refractivity contribution is 8.09. The molecule has 4 heterocycles. The van der Waals surface area contributed by atoms with E-state index in [1.54, 1.807) is 23.5 Å². The summed E-state index contributed by atoms with van der Waals surface area (Å²) in [6.45, 7) is 10.0. The molecule has 0 spiro atoms. The average molecular weight is 750 g/mol. The molecular formula is C41H49F2N3O2S3. The Labute approximate surface area is 314 Å². The fraction of sp³-hybridized carbons (Fsp3) is 0.488. The maximum Gasteiger partial charge on any atom is 0.132 e. The van der Waals surface area contributed by atoms with Crippen LogP contribution in [0.15, 0.2) is 54.7 Å². The summed E-state index contributed by atoms with van der Waals surface area (Å²) in [6, 6.07) is 10.6. The number of allylic oxidation sites excluding steroid dienone is 2. The predicted octanol–water partition coefficient (Wildman–Crippen LogP) is 13.0. The Morgan fingerprint density at radius 3 is 1.78 bits per heavy atom. The van der Waals surface area contributed by atoms with Crippen molar-refractivity contribution in [2.24, 2.45) is 11.8 Å². The quantitative estimate of drug-likeness (QED) is 0.100. The van der Waals surface area contributed by atoms with Crippen LogP contribution in [0, 0.1) is 23.5 Å². The number of benzene rings is 2. The SMILES string of the molecule is CCCCC(CC)COc1ccc(C2CC=C(c3cnc(C4=CCC(c5ccc(OCC(CC)CCCC)cc5F)S4)c4nsnc34)S2)c(F)c1. The van der Waals surface area contributed by atoms with Crippen molar-refractivity contribution in [1.29, 1.82) is 0 Å². The van der Waals surface area contributed by atoms with Crippen LogP contribution < -0.4 is 9.47 Å². The summed E-state index contributed by atoms with van der Waals surface area (Å²) in [4.78, 5) is 6.90. The highest BCUT2D eigenvalue weighted by Gasteiger charge is 2.29. The van der Waals surface area contributed by atoms with E-state index < -0.39 is 0 Å². The zero-order chi connectivity index (χ0) is 35.7. The fourth-order valence-electron chi connectivity index (χ4n) is 6.71. The van der Waals surface area contributed by atoms with Crippen molar-refractivity contribution in [1.82, 2.24) is 13.7 Å². The van der Waals surface area contributed by atoms with Gasteiger partial charge in [0.2, 0.25) is 0 Å². The van der Waals surface area contributed by atoms with E-state index in [0.717, 1.165) is 69.5 Å². The van der Waals surface area contributed by atoms with E-state index in [4.69, 9.17) is 14.5 Å². The number of pyridine rings is 1. The van der Waals surface area contributed by atoms with Gasteiger partial charge in [0.1, 0.15) is 39.9 Å². The number of ether oxygens (including phenoxy) is 2. The number of rotatable bonds is 18. The Balaban J connectivity index is 1.08. The molecule has 4 atom stereocenters. The van der Waals surface area contributed by atoms with Crippen molar-refractivity contribution in [3.05, 3.63) is 88.8 Å². The van der Waals surface area contributed by atoms with Gasteiger partial charge in [-0.1, -0.05) is 90.5 Å². The normalized spacial score (nSPS) is 18.5. The highest BCUT2D eigenvalue weighted by atomic mass is 32.2. The Morgan fingerprint density at radius 2 is 1.25 bits per heavy atom. The minimum Gasteiger partial charge on any atom is -0.493 e. The Morgan fingerprint density at radius 1 is 0.725 bits per heavy atom. The molecular weight excluding hydrogens is 701 g/mol. The van der Waals surface area contributed by atoms with Gasteiger partial charge in [-0.15, -0.1) is 23.5 Å². The number of unbranched alkanes of at least 4 members (excludes halogenated alkanes) is 2. The molecule has 51 heavy (non-hydrogen) atoms. The summed E-state index contributed by atoms with van der Waals surface area (Å²) in [5, 5.41) is -0.0993. The summed E-state index contributed by atoms with van der Waals surface area (Å²) in [7, 11) is 0. The number of nitrogens with zero attached hydrogens (tertiary/aromatic N) is 3. The van der Waals surface area contributed by atoms with E-state index >= 15 is 8.78 Å². The van der Waals surface area contributed by atoms with Gasteiger partial charge in [-0.05, 0) is 49.7 Å². The first-order valence-electron chi connectivity index (χ1n) is 18.6. The van der Waals surface area contributed by atoms with Gasteiger partial charge in [0.15, 0.2) is 0 Å². The molecule has 2 aliphatic rings. The van der Waals surface area contributed by atoms with E-state index in [2.05, 4.69) is 48.6 Å². The van der Waals surface area contributed by atoms with Gasteiger partial charge in [-0.3, -0.25) is 4.98 Å². The van der Waals surface area contributed by atoms with Crippen LogP contribution in [0.2, 0.25) is 0 Å². The van der Waals surface area contributed by atoms with Crippen molar-refractivity contribution >= 4 is 56.1 Å². The lowest BCUT2D eigenvalue weighted by Crippen LogP contribution is -2.11. The standard InChI is InChI=1S/C41H49F2N3O2S3/c1-5-9-11-26(7-3)24-47-28-13-15-30(33(42)21-28)35-17-18-37(49-35)32-23-44-40(41-39(32)45-51-46-41)38-20-19-36(50-38)31-16-14-29(22-34(31)43)48-25-27(8-4)12-10-6-2/h13-16,18,20-23,26-27,35-36H,5-12,17,19,24-25H2,1-4H3. The van der Waals surface area contributed by atoms with Crippen LogP contribution in [-0.2, 0) is 0 Å². The molecule has 0 amide bonds.